The standard InChI is InChI=1S/C20H25N5S.HI/c1-14(17-11-7-9-15-8-5-6-10-18(15)17)23-19(21-2)22-12-16-13-26-20(24-16)25(3)4;/h5-11,13-14H,12H2,1-4H3,(H2,21,22,23);1H. The van der Waals surface area contributed by atoms with E-state index in [1.165, 1.54) is 16.3 Å². The maximum absolute atomic E-state index is 4.59. The summed E-state index contributed by atoms with van der Waals surface area (Å²) in [6.07, 6.45) is 0. The molecule has 0 aliphatic carbocycles. The predicted octanol–water partition coefficient (Wildman–Crippen LogP) is 4.41. The van der Waals surface area contributed by atoms with Gasteiger partial charge in [0.15, 0.2) is 11.1 Å². The highest BCUT2D eigenvalue weighted by atomic mass is 127. The van der Waals surface area contributed by atoms with Gasteiger partial charge in [-0.2, -0.15) is 0 Å². The van der Waals surface area contributed by atoms with Crippen molar-refractivity contribution in [3.63, 3.8) is 0 Å². The maximum Gasteiger partial charge on any atom is 0.191 e. The number of nitrogens with zero attached hydrogens (tertiary/aromatic N) is 3. The smallest absolute Gasteiger partial charge is 0.191 e. The van der Waals surface area contributed by atoms with Gasteiger partial charge in [-0.25, -0.2) is 4.98 Å². The van der Waals surface area contributed by atoms with Crippen molar-refractivity contribution < 1.29 is 0 Å². The zero-order chi connectivity index (χ0) is 18.5. The molecule has 1 unspecified atom stereocenters. The third-order valence-corrected chi connectivity index (χ3v) is 5.28. The number of hydrogen-bond donors (Lipinski definition) is 2. The summed E-state index contributed by atoms with van der Waals surface area (Å²) in [7, 11) is 5.79. The van der Waals surface area contributed by atoms with E-state index in [4.69, 9.17) is 0 Å². The Bertz CT molecular complexity index is 901. The minimum Gasteiger partial charge on any atom is -0.354 e. The summed E-state index contributed by atoms with van der Waals surface area (Å²) in [6.45, 7) is 2.80. The Kier molecular flexibility index (Phi) is 7.85. The number of rotatable bonds is 5. The van der Waals surface area contributed by atoms with E-state index < -0.39 is 0 Å². The summed E-state index contributed by atoms with van der Waals surface area (Å²) in [6, 6.07) is 15.0. The molecule has 2 aromatic carbocycles. The predicted molar refractivity (Wildman–Crippen MR) is 128 cm³/mol. The van der Waals surface area contributed by atoms with Gasteiger partial charge in [0.05, 0.1) is 18.3 Å². The normalized spacial score (nSPS) is 12.4. The first kappa shape index (κ1) is 21.4. The first-order valence-electron chi connectivity index (χ1n) is 8.65. The number of anilines is 1. The van der Waals surface area contributed by atoms with Crippen molar-refractivity contribution in [2.24, 2.45) is 4.99 Å². The molecular formula is C20H26IN5S. The Hall–Kier alpha value is -1.87. The highest BCUT2D eigenvalue weighted by Crippen LogP contribution is 2.24. The topological polar surface area (TPSA) is 52.6 Å². The molecule has 0 amide bonds. The summed E-state index contributed by atoms with van der Waals surface area (Å²) in [5.41, 5.74) is 2.27. The summed E-state index contributed by atoms with van der Waals surface area (Å²) in [5, 5.41) is 12.4. The van der Waals surface area contributed by atoms with Crippen LogP contribution in [-0.4, -0.2) is 32.1 Å². The molecule has 1 heterocycles. The van der Waals surface area contributed by atoms with Gasteiger partial charge in [-0.1, -0.05) is 42.5 Å². The van der Waals surface area contributed by atoms with E-state index in [1.807, 2.05) is 19.0 Å². The van der Waals surface area contributed by atoms with Crippen molar-refractivity contribution in [1.82, 2.24) is 15.6 Å². The molecule has 0 bridgehead atoms. The van der Waals surface area contributed by atoms with Gasteiger partial charge in [0.2, 0.25) is 0 Å². The molecule has 3 rings (SSSR count). The lowest BCUT2D eigenvalue weighted by Gasteiger charge is -2.19. The van der Waals surface area contributed by atoms with Crippen molar-refractivity contribution in [3.8, 4) is 0 Å². The molecule has 0 aliphatic heterocycles. The van der Waals surface area contributed by atoms with Crippen molar-refractivity contribution >= 4 is 57.2 Å². The summed E-state index contributed by atoms with van der Waals surface area (Å²) in [4.78, 5) is 11.0. The van der Waals surface area contributed by atoms with Gasteiger partial charge in [0.1, 0.15) is 0 Å². The Labute approximate surface area is 181 Å². The van der Waals surface area contributed by atoms with Crippen LogP contribution < -0.4 is 15.5 Å². The van der Waals surface area contributed by atoms with E-state index in [1.54, 1.807) is 18.4 Å². The number of aliphatic imine (C=N–C) groups is 1. The van der Waals surface area contributed by atoms with Crippen molar-refractivity contribution in [1.29, 1.82) is 0 Å². The van der Waals surface area contributed by atoms with E-state index in [-0.39, 0.29) is 30.0 Å². The minimum absolute atomic E-state index is 0. The first-order chi connectivity index (χ1) is 12.6. The largest absolute Gasteiger partial charge is 0.354 e. The van der Waals surface area contributed by atoms with Crippen LogP contribution in [0.2, 0.25) is 0 Å². The van der Waals surface area contributed by atoms with Crippen LogP contribution in [0.4, 0.5) is 5.13 Å². The molecule has 0 saturated heterocycles. The second kappa shape index (κ2) is 9.89. The number of fused-ring (bicyclic) bond motifs is 1. The lowest BCUT2D eigenvalue weighted by molar-refractivity contribution is 0.688. The minimum atomic E-state index is 0. The maximum atomic E-state index is 4.59. The average molecular weight is 495 g/mol. The third kappa shape index (κ3) is 5.32. The van der Waals surface area contributed by atoms with Crippen LogP contribution in [0.3, 0.4) is 0 Å². The number of guanidine groups is 1. The number of benzene rings is 2. The lowest BCUT2D eigenvalue weighted by atomic mass is 10.00. The van der Waals surface area contributed by atoms with Crippen LogP contribution >= 0.6 is 35.3 Å². The van der Waals surface area contributed by atoms with Crippen LogP contribution in [0.15, 0.2) is 52.8 Å². The quantitative estimate of drug-likeness (QED) is 0.313. The lowest BCUT2D eigenvalue weighted by Crippen LogP contribution is -2.38. The zero-order valence-corrected chi connectivity index (χ0v) is 19.2. The van der Waals surface area contributed by atoms with Gasteiger partial charge >= 0.3 is 0 Å². The Balaban J connectivity index is 0.00000261. The van der Waals surface area contributed by atoms with Crippen LogP contribution in [0.1, 0.15) is 24.2 Å². The molecule has 27 heavy (non-hydrogen) atoms. The van der Waals surface area contributed by atoms with Crippen molar-refractivity contribution in [3.05, 3.63) is 59.1 Å². The van der Waals surface area contributed by atoms with Crippen LogP contribution in [0.25, 0.3) is 10.8 Å². The Morgan fingerprint density at radius 2 is 1.93 bits per heavy atom. The molecule has 0 spiro atoms. The summed E-state index contributed by atoms with van der Waals surface area (Å²) in [5.74, 6) is 0.768. The molecule has 1 atom stereocenters. The second-order valence-corrected chi connectivity index (χ2v) is 7.21. The fourth-order valence-electron chi connectivity index (χ4n) is 2.86. The molecule has 0 aliphatic rings. The highest BCUT2D eigenvalue weighted by Gasteiger charge is 2.11. The molecule has 0 fully saturated rings. The Morgan fingerprint density at radius 3 is 2.63 bits per heavy atom. The molecule has 3 aromatic rings. The third-order valence-electron chi connectivity index (χ3n) is 4.23. The monoisotopic (exact) mass is 495 g/mol. The van der Waals surface area contributed by atoms with Crippen molar-refractivity contribution in [2.45, 2.75) is 19.5 Å². The van der Waals surface area contributed by atoms with Crippen LogP contribution in [0.5, 0.6) is 0 Å². The number of thiazole rings is 1. The number of nitrogens with one attached hydrogen (secondary N) is 2. The molecule has 7 heteroatoms. The molecule has 0 saturated carbocycles. The highest BCUT2D eigenvalue weighted by molar-refractivity contribution is 14.0. The second-order valence-electron chi connectivity index (χ2n) is 6.38. The van der Waals surface area contributed by atoms with Gasteiger partial charge in [0.25, 0.3) is 0 Å². The van der Waals surface area contributed by atoms with Gasteiger partial charge < -0.3 is 15.5 Å². The Morgan fingerprint density at radius 1 is 1.19 bits per heavy atom. The fraction of sp³-hybridized carbons (Fsp3) is 0.300. The van der Waals surface area contributed by atoms with Gasteiger partial charge in [0, 0.05) is 26.5 Å². The summed E-state index contributed by atoms with van der Waals surface area (Å²) < 4.78 is 0. The molecule has 0 radical (unpaired) electrons. The van der Waals surface area contributed by atoms with E-state index >= 15 is 0 Å². The van der Waals surface area contributed by atoms with E-state index in [0.29, 0.717) is 6.54 Å². The van der Waals surface area contributed by atoms with Crippen molar-refractivity contribution in [2.75, 3.05) is 26.0 Å². The zero-order valence-electron chi connectivity index (χ0n) is 16.1. The van der Waals surface area contributed by atoms with E-state index in [2.05, 4.69) is 75.4 Å². The van der Waals surface area contributed by atoms with E-state index in [0.717, 1.165) is 16.8 Å². The van der Waals surface area contributed by atoms with Gasteiger partial charge in [-0.05, 0) is 23.3 Å². The average Bonchev–Trinajstić information content (AvgIpc) is 3.14. The van der Waals surface area contributed by atoms with E-state index in [9.17, 15) is 0 Å². The van der Waals surface area contributed by atoms with Crippen LogP contribution in [0, 0.1) is 0 Å². The number of halogens is 1. The van der Waals surface area contributed by atoms with Crippen LogP contribution in [-0.2, 0) is 6.54 Å². The summed E-state index contributed by atoms with van der Waals surface area (Å²) >= 11 is 1.64. The SMILES string of the molecule is CN=C(NCc1csc(N(C)C)n1)NC(C)c1cccc2ccccc12.I. The molecular weight excluding hydrogens is 469 g/mol. The van der Waals surface area contributed by atoms with Gasteiger partial charge in [-0.3, -0.25) is 4.99 Å². The fourth-order valence-corrected chi connectivity index (χ4v) is 3.62. The molecule has 2 N–H and O–H groups in total. The number of aromatic nitrogens is 1. The molecule has 144 valence electrons. The molecule has 1 aromatic heterocycles. The molecule has 5 nitrogen and oxygen atoms in total. The first-order valence-corrected chi connectivity index (χ1v) is 9.53. The van der Waals surface area contributed by atoms with Gasteiger partial charge in [-0.15, -0.1) is 35.3 Å². The number of hydrogen-bond acceptors (Lipinski definition) is 4.